The number of piperidine rings is 1. The maximum atomic E-state index is 13.3. The molecule has 25 heavy (non-hydrogen) atoms. The Morgan fingerprint density at radius 2 is 1.88 bits per heavy atom. The van der Waals surface area contributed by atoms with Gasteiger partial charge in [-0.1, -0.05) is 30.3 Å². The van der Waals surface area contributed by atoms with Crippen molar-refractivity contribution in [2.75, 3.05) is 33.2 Å². The quantitative estimate of drug-likeness (QED) is 0.789. The Balaban J connectivity index is 1.86. The molecule has 1 heterocycles. The topological polar surface area (TPSA) is 44.4 Å². The van der Waals surface area contributed by atoms with E-state index in [0.29, 0.717) is 19.0 Å². The molecule has 1 aliphatic heterocycles. The summed E-state index contributed by atoms with van der Waals surface area (Å²) < 4.78 is 39.8. The number of nitrogens with zero attached hydrogens (tertiary/aromatic N) is 1. The van der Waals surface area contributed by atoms with Crippen molar-refractivity contribution in [1.29, 1.82) is 0 Å². The lowest BCUT2D eigenvalue weighted by molar-refractivity contribution is -0.159. The van der Waals surface area contributed by atoms with Gasteiger partial charge < -0.3 is 10.2 Å². The van der Waals surface area contributed by atoms with E-state index >= 15 is 0 Å². The zero-order valence-electron chi connectivity index (χ0n) is 14.5. The van der Waals surface area contributed by atoms with Crippen LogP contribution in [0.25, 0.3) is 0 Å². The van der Waals surface area contributed by atoms with Crippen LogP contribution in [0.5, 0.6) is 0 Å². The van der Waals surface area contributed by atoms with Crippen LogP contribution in [0.2, 0.25) is 0 Å². The van der Waals surface area contributed by atoms with E-state index in [-0.39, 0.29) is 18.0 Å². The van der Waals surface area contributed by atoms with Gasteiger partial charge in [0, 0.05) is 13.1 Å². The molecule has 2 N–H and O–H groups in total. The Hall–Kier alpha value is -1.60. The predicted molar refractivity (Wildman–Crippen MR) is 91.1 cm³/mol. The van der Waals surface area contributed by atoms with Crippen LogP contribution < -0.4 is 10.6 Å². The molecule has 2 rings (SSSR count). The second kappa shape index (κ2) is 9.20. The monoisotopic (exact) mass is 357 g/mol. The van der Waals surface area contributed by atoms with Crippen LogP contribution >= 0.6 is 0 Å². The van der Waals surface area contributed by atoms with Crippen LogP contribution in [0.1, 0.15) is 30.9 Å². The highest BCUT2D eigenvalue weighted by Gasteiger charge is 2.40. The minimum Gasteiger partial charge on any atom is -0.342 e. The van der Waals surface area contributed by atoms with Gasteiger partial charge >= 0.3 is 6.18 Å². The molecule has 0 radical (unpaired) electrons. The normalized spacial score (nSPS) is 17.5. The molecule has 1 atom stereocenters. The van der Waals surface area contributed by atoms with Gasteiger partial charge in [-0.25, -0.2) is 0 Å². The highest BCUT2D eigenvalue weighted by atomic mass is 19.4. The maximum Gasteiger partial charge on any atom is 0.407 e. The van der Waals surface area contributed by atoms with Crippen molar-refractivity contribution in [2.24, 2.45) is 5.92 Å². The van der Waals surface area contributed by atoms with Crippen LogP contribution in [0.15, 0.2) is 30.3 Å². The van der Waals surface area contributed by atoms with E-state index in [1.54, 1.807) is 23.1 Å². The number of carbonyl (C=O) groups is 1. The number of hydrogen-bond donors (Lipinski definition) is 2. The summed E-state index contributed by atoms with van der Waals surface area (Å²) in [6.07, 6.45) is -1.55. The summed E-state index contributed by atoms with van der Waals surface area (Å²) in [4.78, 5) is 13.9. The number of hydrogen-bond acceptors (Lipinski definition) is 3. The lowest BCUT2D eigenvalue weighted by Gasteiger charge is -2.32. The van der Waals surface area contributed by atoms with Crippen molar-refractivity contribution >= 4 is 5.91 Å². The molecule has 1 aromatic rings. The van der Waals surface area contributed by atoms with Gasteiger partial charge in [0.15, 0.2) is 0 Å². The van der Waals surface area contributed by atoms with Gasteiger partial charge in [0.1, 0.15) is 6.04 Å². The molecule has 7 heteroatoms. The zero-order valence-corrected chi connectivity index (χ0v) is 14.5. The SMILES string of the molecule is CNCCC1CCN(C(=O)CNC(c2ccccc2)C(F)(F)F)CC1. The summed E-state index contributed by atoms with van der Waals surface area (Å²) in [6, 6.07) is 5.80. The second-order valence-corrected chi connectivity index (χ2v) is 6.48. The molecule has 1 unspecified atom stereocenters. The first kappa shape index (κ1) is 19.7. The van der Waals surface area contributed by atoms with Crippen LogP contribution in [-0.2, 0) is 4.79 Å². The third-order valence-electron chi connectivity index (χ3n) is 4.69. The van der Waals surface area contributed by atoms with E-state index in [2.05, 4.69) is 10.6 Å². The molecular formula is C18H26F3N3O. The number of benzene rings is 1. The molecule has 1 amide bonds. The Kier molecular flexibility index (Phi) is 7.25. The van der Waals surface area contributed by atoms with Crippen molar-refractivity contribution in [1.82, 2.24) is 15.5 Å². The number of nitrogens with one attached hydrogen (secondary N) is 2. The van der Waals surface area contributed by atoms with Crippen LogP contribution in [0.3, 0.4) is 0 Å². The van der Waals surface area contributed by atoms with Crippen molar-refractivity contribution in [3.63, 3.8) is 0 Å². The van der Waals surface area contributed by atoms with Crippen LogP contribution in [0.4, 0.5) is 13.2 Å². The van der Waals surface area contributed by atoms with E-state index in [9.17, 15) is 18.0 Å². The highest BCUT2D eigenvalue weighted by Crippen LogP contribution is 2.32. The van der Waals surface area contributed by atoms with Gasteiger partial charge in [-0.3, -0.25) is 10.1 Å². The molecule has 1 aliphatic rings. The molecule has 0 saturated carbocycles. The first-order chi connectivity index (χ1) is 11.9. The summed E-state index contributed by atoms with van der Waals surface area (Å²) in [5, 5.41) is 5.51. The maximum absolute atomic E-state index is 13.3. The molecule has 0 spiro atoms. The molecule has 0 bridgehead atoms. The van der Waals surface area contributed by atoms with Crippen molar-refractivity contribution in [3.05, 3.63) is 35.9 Å². The van der Waals surface area contributed by atoms with E-state index in [4.69, 9.17) is 0 Å². The molecule has 140 valence electrons. The molecule has 4 nitrogen and oxygen atoms in total. The zero-order chi connectivity index (χ0) is 18.3. The van der Waals surface area contributed by atoms with Gasteiger partial charge in [-0.15, -0.1) is 0 Å². The van der Waals surface area contributed by atoms with Gasteiger partial charge in [0.2, 0.25) is 5.91 Å². The summed E-state index contributed by atoms with van der Waals surface area (Å²) in [5.41, 5.74) is 0.119. The average molecular weight is 357 g/mol. The minimum absolute atomic E-state index is 0.119. The molecule has 1 aromatic carbocycles. The predicted octanol–water partition coefficient (Wildman–Crippen LogP) is 2.73. The summed E-state index contributed by atoms with van der Waals surface area (Å²) in [7, 11) is 1.91. The van der Waals surface area contributed by atoms with Gasteiger partial charge in [-0.2, -0.15) is 13.2 Å². The number of halogens is 3. The molecule has 0 aromatic heterocycles. The minimum atomic E-state index is -4.44. The molecule has 0 aliphatic carbocycles. The first-order valence-electron chi connectivity index (χ1n) is 8.69. The van der Waals surface area contributed by atoms with Gasteiger partial charge in [-0.05, 0) is 44.3 Å². The lowest BCUT2D eigenvalue weighted by atomic mass is 9.93. The van der Waals surface area contributed by atoms with E-state index in [1.807, 2.05) is 7.05 Å². The van der Waals surface area contributed by atoms with E-state index < -0.39 is 12.2 Å². The fourth-order valence-electron chi connectivity index (χ4n) is 3.19. The summed E-state index contributed by atoms with van der Waals surface area (Å²) in [5.74, 6) is 0.314. The number of likely N-dealkylation sites (tertiary alicyclic amines) is 1. The number of amides is 1. The number of alkyl halides is 3. The molecular weight excluding hydrogens is 331 g/mol. The van der Waals surface area contributed by atoms with Crippen LogP contribution in [-0.4, -0.2) is 50.2 Å². The fraction of sp³-hybridized carbons (Fsp3) is 0.611. The average Bonchev–Trinajstić information content (AvgIpc) is 2.60. The Morgan fingerprint density at radius 1 is 1.24 bits per heavy atom. The number of carbonyl (C=O) groups excluding carboxylic acids is 1. The first-order valence-corrected chi connectivity index (χ1v) is 8.69. The third-order valence-corrected chi connectivity index (χ3v) is 4.69. The van der Waals surface area contributed by atoms with E-state index in [0.717, 1.165) is 25.8 Å². The van der Waals surface area contributed by atoms with Crippen molar-refractivity contribution in [3.8, 4) is 0 Å². The van der Waals surface area contributed by atoms with E-state index in [1.165, 1.54) is 12.1 Å². The second-order valence-electron chi connectivity index (χ2n) is 6.48. The largest absolute Gasteiger partial charge is 0.407 e. The highest BCUT2D eigenvalue weighted by molar-refractivity contribution is 5.78. The Morgan fingerprint density at radius 3 is 2.44 bits per heavy atom. The fourth-order valence-corrected chi connectivity index (χ4v) is 3.19. The lowest BCUT2D eigenvalue weighted by Crippen LogP contribution is -2.45. The van der Waals surface area contributed by atoms with Crippen molar-refractivity contribution in [2.45, 2.75) is 31.5 Å². The van der Waals surface area contributed by atoms with Gasteiger partial charge in [0.25, 0.3) is 0 Å². The summed E-state index contributed by atoms with van der Waals surface area (Å²) in [6.45, 7) is 1.89. The Labute approximate surface area is 146 Å². The standard InChI is InChI=1S/C18H26F3N3O/c1-22-10-7-14-8-11-24(12-9-14)16(25)13-23-17(18(19,20)21)15-5-3-2-4-6-15/h2-6,14,17,22-23H,7-13H2,1H3. The van der Waals surface area contributed by atoms with Crippen LogP contribution in [0, 0.1) is 5.92 Å². The molecule has 1 saturated heterocycles. The summed E-state index contributed by atoms with van der Waals surface area (Å²) >= 11 is 0. The smallest absolute Gasteiger partial charge is 0.342 e. The molecule has 1 fully saturated rings. The van der Waals surface area contributed by atoms with Gasteiger partial charge in [0.05, 0.1) is 6.54 Å². The Bertz CT molecular complexity index is 528. The third kappa shape index (κ3) is 6.01. The van der Waals surface area contributed by atoms with Crippen molar-refractivity contribution < 1.29 is 18.0 Å². The number of rotatable bonds is 7.